The van der Waals surface area contributed by atoms with E-state index in [4.69, 9.17) is 22.1 Å². The first-order valence-electron chi connectivity index (χ1n) is 6.52. The molecule has 0 fully saturated rings. The molecule has 3 aromatic rings. The Balaban J connectivity index is 2.06. The maximum Gasteiger partial charge on any atom is 0.142 e. The zero-order valence-electron chi connectivity index (χ0n) is 11.1. The van der Waals surface area contributed by atoms with E-state index in [-0.39, 0.29) is 5.02 Å². The molecular weight excluding hydrogens is 289 g/mol. The van der Waals surface area contributed by atoms with Crippen LogP contribution in [0, 0.1) is 5.82 Å². The van der Waals surface area contributed by atoms with Crippen LogP contribution in [0.2, 0.25) is 5.02 Å². The summed E-state index contributed by atoms with van der Waals surface area (Å²) in [5.41, 5.74) is 6.81. The summed E-state index contributed by atoms with van der Waals surface area (Å²) >= 11 is 5.77. The van der Waals surface area contributed by atoms with Crippen molar-refractivity contribution in [3.63, 3.8) is 0 Å². The summed E-state index contributed by atoms with van der Waals surface area (Å²) in [5, 5.41) is 2.04. The van der Waals surface area contributed by atoms with Gasteiger partial charge in [0.1, 0.15) is 17.3 Å². The molecule has 0 bridgehead atoms. The molecule has 0 aliphatic carbocycles. The highest BCUT2D eigenvalue weighted by molar-refractivity contribution is 6.30. The second kappa shape index (κ2) is 5.72. The normalized spacial score (nSPS) is 10.8. The molecule has 2 nitrogen and oxygen atoms in total. The summed E-state index contributed by atoms with van der Waals surface area (Å²) < 4.78 is 19.0. The van der Waals surface area contributed by atoms with Crippen LogP contribution in [0.25, 0.3) is 10.8 Å². The van der Waals surface area contributed by atoms with Gasteiger partial charge in [-0.25, -0.2) is 4.39 Å². The van der Waals surface area contributed by atoms with E-state index in [2.05, 4.69) is 0 Å². The fourth-order valence-corrected chi connectivity index (χ4v) is 2.44. The first-order valence-corrected chi connectivity index (χ1v) is 6.90. The number of nitrogens with two attached hydrogens (primary N) is 1. The van der Waals surface area contributed by atoms with Gasteiger partial charge < -0.3 is 10.5 Å². The van der Waals surface area contributed by atoms with Crippen molar-refractivity contribution in [3.8, 4) is 11.5 Å². The molecule has 0 atom stereocenters. The van der Waals surface area contributed by atoms with Gasteiger partial charge in [0, 0.05) is 18.0 Å². The van der Waals surface area contributed by atoms with Gasteiger partial charge in [0.05, 0.1) is 5.02 Å². The third-order valence-electron chi connectivity index (χ3n) is 3.31. The molecule has 0 aromatic heterocycles. The van der Waals surface area contributed by atoms with Gasteiger partial charge in [-0.05, 0) is 29.1 Å². The maximum atomic E-state index is 13.2. The van der Waals surface area contributed by atoms with Crippen LogP contribution in [0.1, 0.15) is 5.56 Å². The molecule has 2 N–H and O–H groups in total. The summed E-state index contributed by atoms with van der Waals surface area (Å²) in [7, 11) is 0. The van der Waals surface area contributed by atoms with Gasteiger partial charge in [0.25, 0.3) is 0 Å². The van der Waals surface area contributed by atoms with E-state index in [1.165, 1.54) is 12.1 Å². The molecule has 0 saturated carbocycles. The standard InChI is InChI=1S/C17H13ClFNO/c18-15-9-12(6-7-16(15)19)21-17-8-5-11(10-20)13-3-1-2-4-14(13)17/h1-9H,10,20H2. The van der Waals surface area contributed by atoms with Crippen LogP contribution in [0.4, 0.5) is 4.39 Å². The number of fused-ring (bicyclic) bond motifs is 1. The minimum atomic E-state index is -0.465. The fraction of sp³-hybridized carbons (Fsp3) is 0.0588. The quantitative estimate of drug-likeness (QED) is 0.748. The molecule has 0 heterocycles. The lowest BCUT2D eigenvalue weighted by Gasteiger charge is -2.12. The monoisotopic (exact) mass is 301 g/mol. The van der Waals surface area contributed by atoms with Crippen LogP contribution >= 0.6 is 11.6 Å². The van der Waals surface area contributed by atoms with Crippen LogP contribution in [0.3, 0.4) is 0 Å². The second-order valence-electron chi connectivity index (χ2n) is 4.65. The Kier molecular flexibility index (Phi) is 3.78. The van der Waals surface area contributed by atoms with Gasteiger partial charge in [-0.2, -0.15) is 0 Å². The molecule has 3 aromatic carbocycles. The summed E-state index contributed by atoms with van der Waals surface area (Å²) in [6.45, 7) is 0.461. The summed E-state index contributed by atoms with van der Waals surface area (Å²) in [5.74, 6) is 0.713. The summed E-state index contributed by atoms with van der Waals surface area (Å²) in [6, 6.07) is 16.0. The zero-order valence-corrected chi connectivity index (χ0v) is 11.9. The van der Waals surface area contributed by atoms with Crippen LogP contribution in [-0.4, -0.2) is 0 Å². The lowest BCUT2D eigenvalue weighted by atomic mass is 10.0. The highest BCUT2D eigenvalue weighted by Gasteiger charge is 2.08. The number of hydrogen-bond acceptors (Lipinski definition) is 2. The van der Waals surface area contributed by atoms with Gasteiger partial charge in [0.2, 0.25) is 0 Å². The first kappa shape index (κ1) is 13.9. The van der Waals surface area contributed by atoms with Crippen molar-refractivity contribution in [1.82, 2.24) is 0 Å². The fourth-order valence-electron chi connectivity index (χ4n) is 2.27. The van der Waals surface area contributed by atoms with Crippen molar-refractivity contribution in [1.29, 1.82) is 0 Å². The topological polar surface area (TPSA) is 35.2 Å². The van der Waals surface area contributed by atoms with Crippen LogP contribution in [-0.2, 0) is 6.54 Å². The van der Waals surface area contributed by atoms with E-state index in [0.29, 0.717) is 18.0 Å². The minimum Gasteiger partial charge on any atom is -0.457 e. The molecule has 3 rings (SSSR count). The van der Waals surface area contributed by atoms with Gasteiger partial charge >= 0.3 is 0 Å². The van der Waals surface area contributed by atoms with Crippen molar-refractivity contribution in [2.75, 3.05) is 0 Å². The predicted octanol–water partition coefficient (Wildman–Crippen LogP) is 4.88. The number of ether oxygens (including phenoxy) is 1. The van der Waals surface area contributed by atoms with E-state index in [0.717, 1.165) is 16.3 Å². The molecule has 0 unspecified atom stereocenters. The average molecular weight is 302 g/mol. The van der Waals surface area contributed by atoms with Crippen molar-refractivity contribution < 1.29 is 9.13 Å². The van der Waals surface area contributed by atoms with E-state index < -0.39 is 5.82 Å². The predicted molar refractivity (Wildman–Crippen MR) is 83.3 cm³/mol. The maximum absolute atomic E-state index is 13.2. The van der Waals surface area contributed by atoms with Crippen LogP contribution in [0.5, 0.6) is 11.5 Å². The lowest BCUT2D eigenvalue weighted by molar-refractivity contribution is 0.486. The smallest absolute Gasteiger partial charge is 0.142 e. The highest BCUT2D eigenvalue weighted by Crippen LogP contribution is 2.33. The van der Waals surface area contributed by atoms with E-state index in [9.17, 15) is 4.39 Å². The zero-order chi connectivity index (χ0) is 14.8. The van der Waals surface area contributed by atoms with Gasteiger partial charge in [-0.3, -0.25) is 0 Å². The third kappa shape index (κ3) is 2.71. The number of hydrogen-bond donors (Lipinski definition) is 1. The number of halogens is 2. The second-order valence-corrected chi connectivity index (χ2v) is 5.06. The highest BCUT2D eigenvalue weighted by atomic mass is 35.5. The Hall–Kier alpha value is -2.10. The molecule has 4 heteroatoms. The molecule has 0 aliphatic heterocycles. The lowest BCUT2D eigenvalue weighted by Crippen LogP contribution is -1.98. The molecular formula is C17H13ClFNO. The van der Waals surface area contributed by atoms with E-state index in [1.54, 1.807) is 6.07 Å². The molecule has 0 aliphatic rings. The Labute approximate surface area is 126 Å². The Morgan fingerprint density at radius 3 is 2.48 bits per heavy atom. The van der Waals surface area contributed by atoms with Gasteiger partial charge in [0.15, 0.2) is 0 Å². The van der Waals surface area contributed by atoms with Gasteiger partial charge in [-0.1, -0.05) is 41.9 Å². The third-order valence-corrected chi connectivity index (χ3v) is 3.60. The average Bonchev–Trinajstić information content (AvgIpc) is 2.51. The number of rotatable bonds is 3. The van der Waals surface area contributed by atoms with Crippen LogP contribution in [0.15, 0.2) is 54.6 Å². The Morgan fingerprint density at radius 2 is 1.76 bits per heavy atom. The largest absolute Gasteiger partial charge is 0.457 e. The number of benzene rings is 3. The first-order chi connectivity index (χ1) is 10.2. The van der Waals surface area contributed by atoms with Crippen molar-refractivity contribution >= 4 is 22.4 Å². The van der Waals surface area contributed by atoms with Crippen molar-refractivity contribution in [2.24, 2.45) is 5.73 Å². The van der Waals surface area contributed by atoms with Crippen molar-refractivity contribution in [2.45, 2.75) is 6.54 Å². The SMILES string of the molecule is NCc1ccc(Oc2ccc(F)c(Cl)c2)c2ccccc12. The molecule has 0 spiro atoms. The molecule has 21 heavy (non-hydrogen) atoms. The molecule has 0 amide bonds. The van der Waals surface area contributed by atoms with E-state index >= 15 is 0 Å². The molecule has 0 radical (unpaired) electrons. The minimum absolute atomic E-state index is 0.0374. The van der Waals surface area contributed by atoms with Crippen molar-refractivity contribution in [3.05, 3.63) is 71.0 Å². The van der Waals surface area contributed by atoms with Crippen LogP contribution < -0.4 is 10.5 Å². The molecule has 106 valence electrons. The molecule has 0 saturated heterocycles. The summed E-state index contributed by atoms with van der Waals surface area (Å²) in [6.07, 6.45) is 0. The van der Waals surface area contributed by atoms with Gasteiger partial charge in [-0.15, -0.1) is 0 Å². The Morgan fingerprint density at radius 1 is 1.00 bits per heavy atom. The summed E-state index contributed by atoms with van der Waals surface area (Å²) in [4.78, 5) is 0. The Bertz CT molecular complexity index is 804. The van der Waals surface area contributed by atoms with E-state index in [1.807, 2.05) is 36.4 Å².